The van der Waals surface area contributed by atoms with Gasteiger partial charge in [0.25, 0.3) is 0 Å². The molecule has 2 unspecified atom stereocenters. The molecular formula is C15H22INO. The number of halogens is 1. The summed E-state index contributed by atoms with van der Waals surface area (Å²) in [6.45, 7) is 7.89. The highest BCUT2D eigenvalue weighted by Crippen LogP contribution is 2.43. The molecule has 2 atom stereocenters. The van der Waals surface area contributed by atoms with E-state index in [1.807, 2.05) is 0 Å². The van der Waals surface area contributed by atoms with Gasteiger partial charge in [0.2, 0.25) is 0 Å². The average molecular weight is 359 g/mol. The van der Waals surface area contributed by atoms with Crippen LogP contribution in [0, 0.1) is 8.99 Å². The second-order valence-electron chi connectivity index (χ2n) is 5.62. The van der Waals surface area contributed by atoms with E-state index in [1.54, 1.807) is 0 Å². The van der Waals surface area contributed by atoms with E-state index in [-0.39, 0.29) is 5.41 Å². The van der Waals surface area contributed by atoms with Crippen LogP contribution in [-0.4, -0.2) is 18.7 Å². The van der Waals surface area contributed by atoms with Gasteiger partial charge >= 0.3 is 0 Å². The molecule has 0 heterocycles. The molecule has 3 heteroatoms. The van der Waals surface area contributed by atoms with Gasteiger partial charge in [-0.2, -0.15) is 0 Å². The summed E-state index contributed by atoms with van der Waals surface area (Å²) in [6, 6.07) is 8.89. The standard InChI is InChI=1S/C15H22INO/c1-4-9-17-13-10-14(15(13,2)3)18-12-7-5-11(16)6-8-12/h5-8,13-14,17H,4,9-10H2,1-3H3. The van der Waals surface area contributed by atoms with Gasteiger partial charge in [0.1, 0.15) is 11.9 Å². The van der Waals surface area contributed by atoms with Crippen LogP contribution >= 0.6 is 22.6 Å². The van der Waals surface area contributed by atoms with E-state index in [9.17, 15) is 0 Å². The van der Waals surface area contributed by atoms with Crippen molar-refractivity contribution in [3.8, 4) is 5.75 Å². The Labute approximate surface area is 124 Å². The van der Waals surface area contributed by atoms with Crippen molar-refractivity contribution in [2.75, 3.05) is 6.54 Å². The Morgan fingerprint density at radius 2 is 2.00 bits per heavy atom. The monoisotopic (exact) mass is 359 g/mol. The topological polar surface area (TPSA) is 21.3 Å². The molecule has 2 rings (SSSR count). The highest BCUT2D eigenvalue weighted by Gasteiger charge is 2.49. The SMILES string of the molecule is CCCNC1CC(Oc2ccc(I)cc2)C1(C)C. The zero-order valence-electron chi connectivity index (χ0n) is 11.4. The molecule has 1 aromatic carbocycles. The van der Waals surface area contributed by atoms with Crippen molar-refractivity contribution in [3.63, 3.8) is 0 Å². The van der Waals surface area contributed by atoms with Crippen LogP contribution in [-0.2, 0) is 0 Å². The van der Waals surface area contributed by atoms with E-state index >= 15 is 0 Å². The number of rotatable bonds is 5. The minimum atomic E-state index is 0.220. The van der Waals surface area contributed by atoms with E-state index in [1.165, 1.54) is 9.99 Å². The van der Waals surface area contributed by atoms with Gasteiger partial charge in [-0.3, -0.25) is 0 Å². The number of nitrogens with one attached hydrogen (secondary N) is 1. The average Bonchev–Trinajstić information content (AvgIpc) is 2.35. The summed E-state index contributed by atoms with van der Waals surface area (Å²) in [5, 5.41) is 3.60. The lowest BCUT2D eigenvalue weighted by molar-refractivity contribution is -0.0546. The fourth-order valence-corrected chi connectivity index (χ4v) is 2.79. The Kier molecular flexibility index (Phi) is 4.54. The molecule has 18 heavy (non-hydrogen) atoms. The first-order valence-corrected chi connectivity index (χ1v) is 7.77. The summed E-state index contributed by atoms with van der Waals surface area (Å²) in [4.78, 5) is 0. The van der Waals surface area contributed by atoms with Crippen molar-refractivity contribution < 1.29 is 4.74 Å². The molecule has 0 saturated heterocycles. The highest BCUT2D eigenvalue weighted by atomic mass is 127. The highest BCUT2D eigenvalue weighted by molar-refractivity contribution is 14.1. The van der Waals surface area contributed by atoms with Crippen molar-refractivity contribution >= 4 is 22.6 Å². The Bertz CT molecular complexity index is 388. The lowest BCUT2D eigenvalue weighted by Gasteiger charge is -2.51. The predicted octanol–water partition coefficient (Wildman–Crippen LogP) is 3.84. The molecule has 1 N–H and O–H groups in total. The molecule has 0 amide bonds. The summed E-state index contributed by atoms with van der Waals surface area (Å²) in [7, 11) is 0. The van der Waals surface area contributed by atoms with Crippen molar-refractivity contribution in [3.05, 3.63) is 27.8 Å². The van der Waals surface area contributed by atoms with E-state index < -0.39 is 0 Å². The maximum atomic E-state index is 6.09. The Balaban J connectivity index is 1.90. The third-order valence-electron chi connectivity index (χ3n) is 3.91. The Morgan fingerprint density at radius 1 is 1.33 bits per heavy atom. The summed E-state index contributed by atoms with van der Waals surface area (Å²) in [5.74, 6) is 0.988. The zero-order chi connectivity index (χ0) is 13.2. The Morgan fingerprint density at radius 3 is 2.56 bits per heavy atom. The molecule has 0 spiro atoms. The van der Waals surface area contributed by atoms with Gasteiger partial charge in [-0.15, -0.1) is 0 Å². The van der Waals surface area contributed by atoms with Crippen molar-refractivity contribution in [1.82, 2.24) is 5.32 Å². The minimum Gasteiger partial charge on any atom is -0.490 e. The van der Waals surface area contributed by atoms with Gasteiger partial charge in [-0.25, -0.2) is 0 Å². The summed E-state index contributed by atoms with van der Waals surface area (Å²) in [6.07, 6.45) is 2.63. The molecule has 0 radical (unpaired) electrons. The van der Waals surface area contributed by atoms with Crippen LogP contribution in [0.3, 0.4) is 0 Å². The van der Waals surface area contributed by atoms with Gasteiger partial charge in [0, 0.05) is 21.4 Å². The quantitative estimate of drug-likeness (QED) is 0.807. The van der Waals surface area contributed by atoms with Crippen LogP contribution in [0.25, 0.3) is 0 Å². The van der Waals surface area contributed by atoms with E-state index in [4.69, 9.17) is 4.74 Å². The van der Waals surface area contributed by atoms with Gasteiger partial charge in [-0.05, 0) is 59.8 Å². The maximum absolute atomic E-state index is 6.09. The fraction of sp³-hybridized carbons (Fsp3) is 0.600. The zero-order valence-corrected chi connectivity index (χ0v) is 13.5. The molecule has 1 fully saturated rings. The van der Waals surface area contributed by atoms with Gasteiger partial charge < -0.3 is 10.1 Å². The van der Waals surface area contributed by atoms with Crippen molar-refractivity contribution in [1.29, 1.82) is 0 Å². The smallest absolute Gasteiger partial charge is 0.119 e. The lowest BCUT2D eigenvalue weighted by atomic mass is 9.64. The normalized spacial score (nSPS) is 25.6. The number of benzene rings is 1. The molecule has 1 aliphatic carbocycles. The van der Waals surface area contributed by atoms with Crippen LogP contribution in [0.15, 0.2) is 24.3 Å². The van der Waals surface area contributed by atoms with E-state index in [0.29, 0.717) is 12.1 Å². The van der Waals surface area contributed by atoms with Gasteiger partial charge in [0.05, 0.1) is 0 Å². The fourth-order valence-electron chi connectivity index (χ4n) is 2.43. The van der Waals surface area contributed by atoms with Gasteiger partial charge in [-0.1, -0.05) is 20.8 Å². The first kappa shape index (κ1) is 14.1. The molecule has 0 bridgehead atoms. The molecular weight excluding hydrogens is 337 g/mol. The number of hydrogen-bond acceptors (Lipinski definition) is 2. The molecule has 100 valence electrons. The second kappa shape index (κ2) is 5.78. The maximum Gasteiger partial charge on any atom is 0.119 e. The summed E-state index contributed by atoms with van der Waals surface area (Å²) in [5.41, 5.74) is 0.220. The molecule has 1 saturated carbocycles. The summed E-state index contributed by atoms with van der Waals surface area (Å²) < 4.78 is 7.33. The molecule has 1 aliphatic rings. The Hall–Kier alpha value is -0.290. The van der Waals surface area contributed by atoms with Crippen LogP contribution in [0.5, 0.6) is 5.75 Å². The van der Waals surface area contributed by atoms with Crippen LogP contribution in [0.4, 0.5) is 0 Å². The van der Waals surface area contributed by atoms with Crippen molar-refractivity contribution in [2.45, 2.75) is 45.8 Å². The third kappa shape index (κ3) is 2.99. The van der Waals surface area contributed by atoms with Crippen LogP contribution < -0.4 is 10.1 Å². The summed E-state index contributed by atoms with van der Waals surface area (Å²) >= 11 is 2.31. The number of ether oxygens (including phenoxy) is 1. The first-order valence-electron chi connectivity index (χ1n) is 6.69. The first-order chi connectivity index (χ1) is 8.54. The molecule has 2 nitrogen and oxygen atoms in total. The lowest BCUT2D eigenvalue weighted by Crippen LogP contribution is -2.62. The predicted molar refractivity (Wildman–Crippen MR) is 84.1 cm³/mol. The molecule has 1 aromatic rings. The van der Waals surface area contributed by atoms with Gasteiger partial charge in [0.15, 0.2) is 0 Å². The number of hydrogen-bond donors (Lipinski definition) is 1. The van der Waals surface area contributed by atoms with E-state index in [0.717, 1.165) is 18.7 Å². The third-order valence-corrected chi connectivity index (χ3v) is 4.63. The van der Waals surface area contributed by atoms with Crippen LogP contribution in [0.1, 0.15) is 33.6 Å². The minimum absolute atomic E-state index is 0.220. The largest absolute Gasteiger partial charge is 0.490 e. The molecule has 0 aliphatic heterocycles. The van der Waals surface area contributed by atoms with Crippen molar-refractivity contribution in [2.24, 2.45) is 5.41 Å². The van der Waals surface area contributed by atoms with Crippen LogP contribution in [0.2, 0.25) is 0 Å². The second-order valence-corrected chi connectivity index (χ2v) is 6.87. The molecule has 0 aromatic heterocycles. The van der Waals surface area contributed by atoms with E-state index in [2.05, 4.69) is 72.9 Å².